The second-order valence-electron chi connectivity index (χ2n) is 3.02. The molecule has 0 amide bonds. The molecule has 0 radical (unpaired) electrons. The Kier molecular flexibility index (Phi) is 2.01. The third-order valence-electron chi connectivity index (χ3n) is 1.92. The first-order chi connectivity index (χ1) is 7.31. The highest BCUT2D eigenvalue weighted by atomic mass is 32.1. The largest absolute Gasteiger partial charge is 0.313 e. The number of nitrogens with one attached hydrogen (secondary N) is 1. The Morgan fingerprint density at radius 1 is 1.33 bits per heavy atom. The first kappa shape index (κ1) is 8.96. The van der Waals surface area contributed by atoms with Crippen LogP contribution in [0, 0.1) is 0 Å². The van der Waals surface area contributed by atoms with Crippen molar-refractivity contribution < 1.29 is 9.47 Å². The Balaban J connectivity index is 1.80. The van der Waals surface area contributed by atoms with Gasteiger partial charge in [-0.25, -0.2) is 9.97 Å². The second kappa shape index (κ2) is 3.37. The number of aromatic nitrogens is 3. The molecule has 0 aromatic carbocycles. The topological polar surface area (TPSA) is 69.2 Å². The van der Waals surface area contributed by atoms with Gasteiger partial charge in [0, 0.05) is 12.4 Å². The average molecular weight is 224 g/mol. The minimum Gasteiger partial charge on any atom is -0.313 e. The van der Waals surface area contributed by atoms with Crippen LogP contribution in [0.25, 0.3) is 10.5 Å². The fraction of sp³-hybridized carbons (Fsp3) is 0.375. The molecule has 2 aromatic rings. The van der Waals surface area contributed by atoms with Crippen LogP contribution in [0.3, 0.4) is 0 Å². The molecule has 0 spiro atoms. The zero-order valence-electron chi connectivity index (χ0n) is 7.88. The van der Waals surface area contributed by atoms with E-state index < -0.39 is 6.41 Å². The van der Waals surface area contributed by atoms with Crippen LogP contribution < -0.4 is 5.32 Å². The van der Waals surface area contributed by atoms with Crippen molar-refractivity contribution in [2.45, 2.75) is 19.6 Å². The molecule has 0 aliphatic carbocycles. The monoisotopic (exact) mass is 224 g/mol. The van der Waals surface area contributed by atoms with Gasteiger partial charge >= 0.3 is 0 Å². The van der Waals surface area contributed by atoms with Gasteiger partial charge in [0.2, 0.25) is 6.41 Å². The maximum Gasteiger partial charge on any atom is 0.244 e. The summed E-state index contributed by atoms with van der Waals surface area (Å²) in [5.74, 6) is 0. The predicted octanol–water partition coefficient (Wildman–Crippen LogP) is 1.17. The van der Waals surface area contributed by atoms with Gasteiger partial charge in [0.1, 0.15) is 0 Å². The minimum absolute atomic E-state index is 0.145. The van der Waals surface area contributed by atoms with Crippen molar-refractivity contribution in [2.24, 2.45) is 0 Å². The van der Waals surface area contributed by atoms with E-state index in [4.69, 9.17) is 9.47 Å². The van der Waals surface area contributed by atoms with E-state index in [1.54, 1.807) is 12.4 Å². The summed E-state index contributed by atoms with van der Waals surface area (Å²) in [7, 11) is 0. The minimum atomic E-state index is -0.402. The fourth-order valence-corrected chi connectivity index (χ4v) is 2.04. The fourth-order valence-electron chi connectivity index (χ4n) is 1.27. The molecular formula is C8H8N4O2S. The maximum absolute atomic E-state index is 5.23. The third-order valence-corrected chi connectivity index (χ3v) is 2.80. The molecule has 1 saturated heterocycles. The first-order valence-corrected chi connectivity index (χ1v) is 5.28. The van der Waals surface area contributed by atoms with Crippen molar-refractivity contribution in [2.75, 3.05) is 5.32 Å². The molecule has 6 nitrogen and oxygen atoms in total. The molecule has 7 heteroatoms. The van der Waals surface area contributed by atoms with Crippen LogP contribution in [0.15, 0.2) is 12.4 Å². The number of hydrogen-bond acceptors (Lipinski definition) is 7. The summed E-state index contributed by atoms with van der Waals surface area (Å²) in [6.07, 6.45) is 2.71. The third kappa shape index (κ3) is 1.65. The van der Waals surface area contributed by atoms with Crippen LogP contribution in [0.2, 0.25) is 0 Å². The van der Waals surface area contributed by atoms with Gasteiger partial charge in [-0.05, 0) is 6.92 Å². The number of ether oxygens (including phenoxy) is 2. The number of hydrogen-bond donors (Lipinski definition) is 1. The van der Waals surface area contributed by atoms with E-state index in [-0.39, 0.29) is 6.29 Å². The average Bonchev–Trinajstić information content (AvgIpc) is 2.57. The van der Waals surface area contributed by atoms with Crippen LogP contribution in [0.4, 0.5) is 5.13 Å². The van der Waals surface area contributed by atoms with Crippen molar-refractivity contribution in [3.8, 4) is 0 Å². The van der Waals surface area contributed by atoms with E-state index in [1.807, 2.05) is 6.92 Å². The van der Waals surface area contributed by atoms with Crippen LogP contribution in [0.5, 0.6) is 0 Å². The molecule has 1 aliphatic rings. The van der Waals surface area contributed by atoms with Gasteiger partial charge in [-0.15, -0.1) is 0 Å². The summed E-state index contributed by atoms with van der Waals surface area (Å²) in [4.78, 5) is 13.3. The Labute approximate surface area is 89.3 Å². The summed E-state index contributed by atoms with van der Waals surface area (Å²) in [5, 5.41) is 3.68. The Morgan fingerprint density at radius 2 is 2.13 bits per heavy atom. The van der Waals surface area contributed by atoms with Crippen molar-refractivity contribution in [3.63, 3.8) is 0 Å². The predicted molar refractivity (Wildman–Crippen MR) is 54.3 cm³/mol. The lowest BCUT2D eigenvalue weighted by atomic mass is 10.7. The molecule has 2 aromatic heterocycles. The van der Waals surface area contributed by atoms with Gasteiger partial charge in [-0.3, -0.25) is 0 Å². The van der Waals surface area contributed by atoms with Crippen molar-refractivity contribution in [3.05, 3.63) is 12.4 Å². The van der Waals surface area contributed by atoms with Gasteiger partial charge in [0.05, 0.1) is 0 Å². The van der Waals surface area contributed by atoms with Gasteiger partial charge in [-0.1, -0.05) is 11.3 Å². The zero-order chi connectivity index (χ0) is 10.3. The summed E-state index contributed by atoms with van der Waals surface area (Å²) < 4.78 is 10.5. The summed E-state index contributed by atoms with van der Waals surface area (Å²) in [6.45, 7) is 1.83. The number of anilines is 1. The van der Waals surface area contributed by atoms with Gasteiger partial charge in [0.15, 0.2) is 21.9 Å². The van der Waals surface area contributed by atoms with Crippen molar-refractivity contribution in [1.82, 2.24) is 15.0 Å². The highest BCUT2D eigenvalue weighted by Gasteiger charge is 2.27. The molecule has 0 atom stereocenters. The molecule has 15 heavy (non-hydrogen) atoms. The van der Waals surface area contributed by atoms with E-state index in [0.29, 0.717) is 10.8 Å². The maximum atomic E-state index is 5.23. The zero-order valence-corrected chi connectivity index (χ0v) is 8.69. The lowest BCUT2D eigenvalue weighted by molar-refractivity contribution is -0.363. The molecule has 1 N–H and O–H groups in total. The van der Waals surface area contributed by atoms with Gasteiger partial charge in [-0.2, -0.15) is 4.98 Å². The number of nitrogens with zero attached hydrogens (tertiary/aromatic N) is 3. The molecule has 3 heterocycles. The smallest absolute Gasteiger partial charge is 0.244 e. The lowest BCUT2D eigenvalue weighted by Gasteiger charge is -2.33. The highest BCUT2D eigenvalue weighted by Crippen LogP contribution is 2.25. The van der Waals surface area contributed by atoms with E-state index in [0.717, 1.165) is 4.83 Å². The standard InChI is InChI=1S/C8H8N4O2S/c1-4-13-8(14-4)12-7-11-5-6(15-7)10-3-2-9-5/h2-4,8H,1H3,(H,9,11,12). The normalized spacial score (nSPS) is 25.1. The van der Waals surface area contributed by atoms with Gasteiger partial charge < -0.3 is 14.8 Å². The first-order valence-electron chi connectivity index (χ1n) is 4.46. The number of rotatable bonds is 2. The number of thiazole rings is 1. The van der Waals surface area contributed by atoms with Crippen LogP contribution in [-0.2, 0) is 9.47 Å². The van der Waals surface area contributed by atoms with E-state index in [2.05, 4.69) is 20.3 Å². The lowest BCUT2D eigenvalue weighted by Crippen LogP contribution is -2.44. The van der Waals surface area contributed by atoms with E-state index in [1.165, 1.54) is 11.3 Å². The van der Waals surface area contributed by atoms with Crippen molar-refractivity contribution >= 4 is 26.9 Å². The SMILES string of the molecule is CC1OC(Nc2nc3nccnc3s2)O1. The second-order valence-corrected chi connectivity index (χ2v) is 4.00. The molecule has 0 bridgehead atoms. The van der Waals surface area contributed by atoms with Crippen molar-refractivity contribution in [1.29, 1.82) is 0 Å². The van der Waals surface area contributed by atoms with Crippen LogP contribution in [-0.4, -0.2) is 27.7 Å². The van der Waals surface area contributed by atoms with Crippen LogP contribution in [0.1, 0.15) is 6.92 Å². The summed E-state index contributed by atoms with van der Waals surface area (Å²) >= 11 is 1.42. The Hall–Kier alpha value is -1.31. The molecule has 0 saturated carbocycles. The highest BCUT2D eigenvalue weighted by molar-refractivity contribution is 7.21. The Morgan fingerprint density at radius 3 is 2.87 bits per heavy atom. The van der Waals surface area contributed by atoms with Gasteiger partial charge in [0.25, 0.3) is 0 Å². The molecule has 1 fully saturated rings. The Bertz CT molecular complexity index is 449. The molecule has 0 unspecified atom stereocenters. The van der Waals surface area contributed by atoms with E-state index in [9.17, 15) is 0 Å². The molecule has 3 rings (SSSR count). The van der Waals surface area contributed by atoms with Crippen LogP contribution >= 0.6 is 11.3 Å². The number of fused-ring (bicyclic) bond motifs is 1. The quantitative estimate of drug-likeness (QED) is 0.825. The molecular weight excluding hydrogens is 216 g/mol. The molecule has 78 valence electrons. The molecule has 1 aliphatic heterocycles. The van der Waals surface area contributed by atoms with E-state index >= 15 is 0 Å². The summed E-state index contributed by atoms with van der Waals surface area (Å²) in [5.41, 5.74) is 0.636. The summed E-state index contributed by atoms with van der Waals surface area (Å²) in [6, 6.07) is 0.